The van der Waals surface area contributed by atoms with Gasteiger partial charge in [-0.2, -0.15) is 13.2 Å². The number of rotatable bonds is 3. The summed E-state index contributed by atoms with van der Waals surface area (Å²) in [6.07, 6.45) is -3.65. The number of hydrogen-bond donors (Lipinski definition) is 1. The van der Waals surface area contributed by atoms with Crippen LogP contribution in [0.15, 0.2) is 29.3 Å². The number of halogens is 3. The summed E-state index contributed by atoms with van der Waals surface area (Å²) in [5, 5.41) is 2.64. The molecule has 2 heterocycles. The maximum atomic E-state index is 12.5. The van der Waals surface area contributed by atoms with Gasteiger partial charge in [-0.1, -0.05) is 11.8 Å². The van der Waals surface area contributed by atoms with Crippen LogP contribution in [0.2, 0.25) is 0 Å². The van der Waals surface area contributed by atoms with E-state index in [4.69, 9.17) is 0 Å². The van der Waals surface area contributed by atoms with Gasteiger partial charge in [0.05, 0.1) is 5.56 Å². The monoisotopic (exact) mass is 357 g/mol. The average molecular weight is 357 g/mol. The van der Waals surface area contributed by atoms with E-state index < -0.39 is 22.9 Å². The van der Waals surface area contributed by atoms with Crippen molar-refractivity contribution in [1.29, 1.82) is 0 Å². The van der Waals surface area contributed by atoms with Crippen molar-refractivity contribution in [2.24, 2.45) is 4.99 Å². The number of thioether (sulfide) groups is 1. The molecule has 3 rings (SSSR count). The maximum Gasteiger partial charge on any atom is 0.416 e. The molecule has 1 atom stereocenters. The van der Waals surface area contributed by atoms with Gasteiger partial charge in [0.2, 0.25) is 11.8 Å². The zero-order valence-corrected chi connectivity index (χ0v) is 13.3. The van der Waals surface area contributed by atoms with Crippen molar-refractivity contribution >= 4 is 34.4 Å². The third-order valence-corrected chi connectivity index (χ3v) is 4.89. The number of amides is 2. The number of nitrogens with zero attached hydrogens (tertiary/aromatic N) is 2. The summed E-state index contributed by atoms with van der Waals surface area (Å²) in [6.45, 7) is 1.29. The van der Waals surface area contributed by atoms with Gasteiger partial charge in [0.25, 0.3) is 0 Å². The van der Waals surface area contributed by atoms with E-state index in [1.807, 2.05) is 0 Å². The van der Waals surface area contributed by atoms with Crippen LogP contribution in [0.4, 0.5) is 18.9 Å². The number of hydrogen-bond acceptors (Lipinski definition) is 4. The number of carbonyl (C=O) groups excluding carboxylic acids is 2. The molecule has 2 aliphatic rings. The molecule has 0 radical (unpaired) electrons. The number of amidine groups is 1. The third-order valence-electron chi connectivity index (χ3n) is 3.67. The predicted molar refractivity (Wildman–Crippen MR) is 84.7 cm³/mol. The Morgan fingerprint density at radius 1 is 1.33 bits per heavy atom. The summed E-state index contributed by atoms with van der Waals surface area (Å²) in [7, 11) is 0. The Bertz CT molecular complexity index is 688. The Kier molecular flexibility index (Phi) is 4.53. The largest absolute Gasteiger partial charge is 0.416 e. The maximum absolute atomic E-state index is 12.5. The molecule has 128 valence electrons. The third kappa shape index (κ3) is 3.55. The SMILES string of the molecule is O=C(CC1SC2=NCCCN2C1=O)Nc1ccc(C(F)(F)F)cc1. The van der Waals surface area contributed by atoms with Gasteiger partial charge in [-0.15, -0.1) is 0 Å². The molecule has 1 saturated heterocycles. The Balaban J connectivity index is 1.59. The fourth-order valence-corrected chi connectivity index (χ4v) is 3.68. The van der Waals surface area contributed by atoms with Gasteiger partial charge in [-0.3, -0.25) is 19.5 Å². The molecule has 0 spiro atoms. The Labute approximate surface area is 140 Å². The molecule has 1 unspecified atom stereocenters. The van der Waals surface area contributed by atoms with Crippen LogP contribution in [0, 0.1) is 0 Å². The summed E-state index contributed by atoms with van der Waals surface area (Å²) in [6, 6.07) is 4.19. The molecule has 1 N–H and O–H groups in total. The smallest absolute Gasteiger partial charge is 0.326 e. The van der Waals surface area contributed by atoms with E-state index in [-0.39, 0.29) is 18.0 Å². The highest BCUT2D eigenvalue weighted by atomic mass is 32.2. The van der Waals surface area contributed by atoms with Gasteiger partial charge < -0.3 is 5.32 Å². The number of benzene rings is 1. The normalized spacial score (nSPS) is 20.6. The van der Waals surface area contributed by atoms with Gasteiger partial charge in [-0.05, 0) is 30.7 Å². The first-order chi connectivity index (χ1) is 11.3. The second kappa shape index (κ2) is 6.46. The highest BCUT2D eigenvalue weighted by Gasteiger charge is 2.39. The average Bonchev–Trinajstić information content (AvgIpc) is 2.83. The van der Waals surface area contributed by atoms with Crippen LogP contribution in [0.1, 0.15) is 18.4 Å². The van der Waals surface area contributed by atoms with Crippen molar-refractivity contribution in [3.63, 3.8) is 0 Å². The van der Waals surface area contributed by atoms with Crippen molar-refractivity contribution in [3.8, 4) is 0 Å². The van der Waals surface area contributed by atoms with Crippen molar-refractivity contribution < 1.29 is 22.8 Å². The Morgan fingerprint density at radius 3 is 2.67 bits per heavy atom. The second-order valence-corrected chi connectivity index (χ2v) is 6.61. The van der Waals surface area contributed by atoms with Crippen molar-refractivity contribution in [2.45, 2.75) is 24.3 Å². The van der Waals surface area contributed by atoms with Gasteiger partial charge in [0.1, 0.15) is 5.25 Å². The Hall–Kier alpha value is -2.03. The van der Waals surface area contributed by atoms with Crippen LogP contribution in [-0.4, -0.2) is 40.2 Å². The van der Waals surface area contributed by atoms with Crippen LogP contribution >= 0.6 is 11.8 Å². The van der Waals surface area contributed by atoms with E-state index in [9.17, 15) is 22.8 Å². The fourth-order valence-electron chi connectivity index (χ4n) is 2.49. The lowest BCUT2D eigenvalue weighted by molar-refractivity contribution is -0.137. The van der Waals surface area contributed by atoms with E-state index in [0.717, 1.165) is 18.6 Å². The lowest BCUT2D eigenvalue weighted by atomic mass is 10.2. The van der Waals surface area contributed by atoms with Crippen LogP contribution in [0.25, 0.3) is 0 Å². The molecule has 1 aromatic carbocycles. The molecule has 5 nitrogen and oxygen atoms in total. The van der Waals surface area contributed by atoms with E-state index in [0.29, 0.717) is 18.3 Å². The standard InChI is InChI=1S/C15H14F3N3O2S/c16-15(17,18)9-2-4-10(5-3-9)20-12(22)8-11-13(23)21-7-1-6-19-14(21)24-11/h2-5,11H,1,6-8H2,(H,20,22). The highest BCUT2D eigenvalue weighted by molar-refractivity contribution is 8.15. The minimum absolute atomic E-state index is 0.0416. The molecule has 0 aliphatic carbocycles. The molecule has 1 fully saturated rings. The Morgan fingerprint density at radius 2 is 2.04 bits per heavy atom. The second-order valence-electron chi connectivity index (χ2n) is 5.44. The van der Waals surface area contributed by atoms with Crippen LogP contribution < -0.4 is 5.32 Å². The van der Waals surface area contributed by atoms with Crippen molar-refractivity contribution in [2.75, 3.05) is 18.4 Å². The number of carbonyl (C=O) groups is 2. The van der Waals surface area contributed by atoms with Crippen LogP contribution in [0.5, 0.6) is 0 Å². The van der Waals surface area contributed by atoms with E-state index in [1.54, 1.807) is 4.90 Å². The van der Waals surface area contributed by atoms with Gasteiger partial charge in [0, 0.05) is 25.2 Å². The molecule has 2 aliphatic heterocycles. The lowest BCUT2D eigenvalue weighted by Crippen LogP contribution is -2.36. The van der Waals surface area contributed by atoms with Gasteiger partial charge >= 0.3 is 6.18 Å². The zero-order valence-electron chi connectivity index (χ0n) is 12.5. The first-order valence-corrected chi connectivity index (χ1v) is 8.22. The van der Waals surface area contributed by atoms with Crippen LogP contribution in [0.3, 0.4) is 0 Å². The number of nitrogens with one attached hydrogen (secondary N) is 1. The highest BCUT2D eigenvalue weighted by Crippen LogP contribution is 2.32. The summed E-state index contributed by atoms with van der Waals surface area (Å²) in [4.78, 5) is 30.1. The number of alkyl halides is 3. The van der Waals surface area contributed by atoms with E-state index >= 15 is 0 Å². The van der Waals surface area contributed by atoms with Crippen LogP contribution in [-0.2, 0) is 15.8 Å². The quantitative estimate of drug-likeness (QED) is 0.905. The lowest BCUT2D eigenvalue weighted by Gasteiger charge is -2.19. The molecular weight excluding hydrogens is 343 g/mol. The topological polar surface area (TPSA) is 61.8 Å². The van der Waals surface area contributed by atoms with Gasteiger partial charge in [-0.25, -0.2) is 0 Å². The van der Waals surface area contributed by atoms with Crippen molar-refractivity contribution in [1.82, 2.24) is 4.90 Å². The molecule has 9 heteroatoms. The minimum atomic E-state index is -4.42. The molecular formula is C15H14F3N3O2S. The zero-order chi connectivity index (χ0) is 17.3. The first-order valence-electron chi connectivity index (χ1n) is 7.34. The summed E-state index contributed by atoms with van der Waals surface area (Å²) in [5.41, 5.74) is -0.518. The van der Waals surface area contributed by atoms with Crippen molar-refractivity contribution in [3.05, 3.63) is 29.8 Å². The van der Waals surface area contributed by atoms with E-state index in [1.165, 1.54) is 23.9 Å². The molecule has 0 bridgehead atoms. The molecule has 1 aromatic rings. The van der Waals surface area contributed by atoms with Gasteiger partial charge in [0.15, 0.2) is 5.17 Å². The number of aliphatic imine (C=N–C) groups is 1. The van der Waals surface area contributed by atoms with E-state index in [2.05, 4.69) is 10.3 Å². The number of anilines is 1. The summed E-state index contributed by atoms with van der Waals surface area (Å²) < 4.78 is 37.5. The fraction of sp³-hybridized carbons (Fsp3) is 0.400. The number of fused-ring (bicyclic) bond motifs is 1. The summed E-state index contributed by atoms with van der Waals surface area (Å²) in [5.74, 6) is -0.554. The minimum Gasteiger partial charge on any atom is -0.326 e. The first kappa shape index (κ1) is 16.8. The predicted octanol–water partition coefficient (Wildman–Crippen LogP) is 2.74. The summed E-state index contributed by atoms with van der Waals surface area (Å²) >= 11 is 1.26. The molecule has 0 saturated carbocycles. The molecule has 2 amide bonds. The molecule has 24 heavy (non-hydrogen) atoms. The molecule has 0 aromatic heterocycles.